The van der Waals surface area contributed by atoms with Crippen LogP contribution in [0.4, 0.5) is 13.2 Å². The van der Waals surface area contributed by atoms with Crippen molar-refractivity contribution in [3.05, 3.63) is 69.5 Å². The van der Waals surface area contributed by atoms with Crippen molar-refractivity contribution in [1.29, 1.82) is 0 Å². The summed E-state index contributed by atoms with van der Waals surface area (Å²) < 4.78 is 51.9. The highest BCUT2D eigenvalue weighted by Crippen LogP contribution is 2.40. The van der Waals surface area contributed by atoms with Crippen molar-refractivity contribution in [2.24, 2.45) is 7.05 Å². The molecule has 0 radical (unpaired) electrons. The third-order valence-electron chi connectivity index (χ3n) is 7.00. The molecule has 6 rings (SSSR count). The maximum atomic E-state index is 14.8. The molecule has 2 unspecified atom stereocenters. The van der Waals surface area contributed by atoms with Crippen LogP contribution in [0, 0.1) is 24.4 Å². The van der Waals surface area contributed by atoms with Crippen LogP contribution in [-0.2, 0) is 11.8 Å². The van der Waals surface area contributed by atoms with Gasteiger partial charge in [0.25, 0.3) is 5.56 Å². The first kappa shape index (κ1) is 22.8. The van der Waals surface area contributed by atoms with Crippen LogP contribution >= 0.6 is 0 Å². The number of rotatable bonds is 4. The molecule has 2 aliphatic rings. The van der Waals surface area contributed by atoms with Gasteiger partial charge in [-0.2, -0.15) is 5.10 Å². The fraction of sp³-hybridized carbons (Fsp3) is 0.400. The molecule has 0 amide bonds. The van der Waals surface area contributed by atoms with E-state index in [9.17, 15) is 18.0 Å². The molecule has 2 atom stereocenters. The van der Waals surface area contributed by atoms with Gasteiger partial charge in [-0.25, -0.2) is 28.1 Å². The molecule has 1 aliphatic heterocycles. The van der Waals surface area contributed by atoms with Gasteiger partial charge < -0.3 is 4.74 Å². The lowest BCUT2D eigenvalue weighted by Gasteiger charge is -2.28. The fourth-order valence-corrected chi connectivity index (χ4v) is 4.67. The quantitative estimate of drug-likeness (QED) is 0.392. The molecule has 4 heterocycles. The highest BCUT2D eigenvalue weighted by atomic mass is 19.2. The second-order valence-corrected chi connectivity index (χ2v) is 9.46. The van der Waals surface area contributed by atoms with E-state index in [1.54, 1.807) is 20.2 Å². The third kappa shape index (κ3) is 3.87. The first-order valence-electron chi connectivity index (χ1n) is 11.9. The van der Waals surface area contributed by atoms with E-state index in [0.29, 0.717) is 43.2 Å². The van der Waals surface area contributed by atoms with Crippen molar-refractivity contribution in [3.63, 3.8) is 0 Å². The largest absolute Gasteiger partial charge is 0.373 e. The Morgan fingerprint density at radius 1 is 1.00 bits per heavy atom. The molecule has 0 spiro atoms. The molecule has 4 aromatic rings. The van der Waals surface area contributed by atoms with Crippen molar-refractivity contribution in [3.8, 4) is 11.3 Å². The molecular formula is C25H23F3N6O2. The van der Waals surface area contributed by atoms with Crippen LogP contribution in [0.3, 0.4) is 0 Å². The smallest absolute Gasteiger partial charge is 0.279 e. The molecular weight excluding hydrogens is 473 g/mol. The summed E-state index contributed by atoms with van der Waals surface area (Å²) in [4.78, 5) is 26.6. The lowest BCUT2D eigenvalue weighted by atomic mass is 9.92. The van der Waals surface area contributed by atoms with Gasteiger partial charge in [-0.05, 0) is 38.7 Å². The normalized spacial score (nSPS) is 20.2. The van der Waals surface area contributed by atoms with Gasteiger partial charge in [-0.15, -0.1) is 0 Å². The number of hydrogen-bond donors (Lipinski definition) is 0. The molecule has 1 saturated heterocycles. The van der Waals surface area contributed by atoms with Gasteiger partial charge in [0.05, 0.1) is 18.3 Å². The number of hydrogen-bond acceptors (Lipinski definition) is 6. The van der Waals surface area contributed by atoms with Gasteiger partial charge in [-0.1, -0.05) is 0 Å². The van der Waals surface area contributed by atoms with Gasteiger partial charge in [0.1, 0.15) is 28.7 Å². The zero-order valence-corrected chi connectivity index (χ0v) is 19.7. The van der Waals surface area contributed by atoms with Crippen molar-refractivity contribution in [1.82, 2.24) is 29.3 Å². The number of fused-ring (bicyclic) bond motifs is 1. The molecule has 1 aromatic carbocycles. The highest BCUT2D eigenvalue weighted by molar-refractivity contribution is 5.88. The minimum Gasteiger partial charge on any atom is -0.373 e. The van der Waals surface area contributed by atoms with Crippen LogP contribution in [0.1, 0.15) is 61.0 Å². The molecule has 2 fully saturated rings. The zero-order chi connectivity index (χ0) is 25.1. The lowest BCUT2D eigenvalue weighted by molar-refractivity contribution is 0.00397. The summed E-state index contributed by atoms with van der Waals surface area (Å²) in [7, 11) is 1.56. The summed E-state index contributed by atoms with van der Waals surface area (Å²) in [5, 5.41) is 4.45. The van der Waals surface area contributed by atoms with Gasteiger partial charge in [0.2, 0.25) is 0 Å². The SMILES string of the molecule is Cc1nc2c(-c3cc(F)c(F)cc3F)nc(C3CCOC(c4cnn(C5CC5)c4)C3)nc2c(=O)n1C. The molecule has 3 aromatic heterocycles. The number of nitrogens with zero attached hydrogens (tertiary/aromatic N) is 6. The zero-order valence-electron chi connectivity index (χ0n) is 19.7. The molecule has 1 saturated carbocycles. The van der Waals surface area contributed by atoms with E-state index in [4.69, 9.17) is 4.74 Å². The Kier molecular flexibility index (Phi) is 5.40. The van der Waals surface area contributed by atoms with Crippen molar-refractivity contribution in [2.75, 3.05) is 6.61 Å². The Bertz CT molecular complexity index is 1560. The van der Waals surface area contributed by atoms with Crippen molar-refractivity contribution in [2.45, 2.75) is 50.7 Å². The number of aryl methyl sites for hydroxylation is 1. The summed E-state index contributed by atoms with van der Waals surface area (Å²) in [6, 6.07) is 1.65. The molecule has 186 valence electrons. The van der Waals surface area contributed by atoms with Crippen LogP contribution in [-0.4, -0.2) is 35.9 Å². The summed E-state index contributed by atoms with van der Waals surface area (Å²) in [5.41, 5.74) is 0.233. The van der Waals surface area contributed by atoms with E-state index < -0.39 is 23.0 Å². The van der Waals surface area contributed by atoms with E-state index in [1.807, 2.05) is 10.9 Å². The summed E-state index contributed by atoms with van der Waals surface area (Å²) in [5.74, 6) is -3.08. The van der Waals surface area contributed by atoms with Gasteiger partial charge in [0.15, 0.2) is 17.2 Å². The summed E-state index contributed by atoms with van der Waals surface area (Å²) in [6.45, 7) is 2.05. The predicted octanol–water partition coefficient (Wildman–Crippen LogP) is 4.28. The second kappa shape index (κ2) is 8.51. The number of halogens is 3. The van der Waals surface area contributed by atoms with E-state index in [-0.39, 0.29) is 34.3 Å². The molecule has 36 heavy (non-hydrogen) atoms. The van der Waals surface area contributed by atoms with E-state index >= 15 is 0 Å². The maximum Gasteiger partial charge on any atom is 0.279 e. The predicted molar refractivity (Wildman–Crippen MR) is 124 cm³/mol. The lowest BCUT2D eigenvalue weighted by Crippen LogP contribution is -2.25. The fourth-order valence-electron chi connectivity index (χ4n) is 4.67. The number of ether oxygens (including phenoxy) is 1. The Morgan fingerprint density at radius 3 is 2.56 bits per heavy atom. The summed E-state index contributed by atoms with van der Waals surface area (Å²) >= 11 is 0. The van der Waals surface area contributed by atoms with Crippen LogP contribution in [0.5, 0.6) is 0 Å². The van der Waals surface area contributed by atoms with Crippen LogP contribution in [0.15, 0.2) is 29.3 Å². The molecule has 0 bridgehead atoms. The van der Waals surface area contributed by atoms with Crippen molar-refractivity contribution >= 4 is 11.0 Å². The Morgan fingerprint density at radius 2 is 1.78 bits per heavy atom. The highest BCUT2D eigenvalue weighted by Gasteiger charge is 2.31. The Labute approximate surface area is 203 Å². The Balaban J connectivity index is 1.47. The second-order valence-electron chi connectivity index (χ2n) is 9.46. The van der Waals surface area contributed by atoms with Crippen LogP contribution < -0.4 is 5.56 Å². The number of benzene rings is 1. The topological polar surface area (TPSA) is 87.7 Å². The summed E-state index contributed by atoms with van der Waals surface area (Å²) in [6.07, 6.45) is 6.91. The first-order chi connectivity index (χ1) is 17.3. The average Bonchev–Trinajstić information content (AvgIpc) is 3.61. The van der Waals surface area contributed by atoms with E-state index in [0.717, 1.165) is 24.5 Å². The van der Waals surface area contributed by atoms with Gasteiger partial charge in [-0.3, -0.25) is 14.0 Å². The van der Waals surface area contributed by atoms with Crippen molar-refractivity contribution < 1.29 is 17.9 Å². The Hall–Kier alpha value is -3.60. The average molecular weight is 496 g/mol. The molecule has 0 N–H and O–H groups in total. The first-order valence-corrected chi connectivity index (χ1v) is 11.9. The van der Waals surface area contributed by atoms with Crippen LogP contribution in [0.2, 0.25) is 0 Å². The monoisotopic (exact) mass is 496 g/mol. The minimum atomic E-state index is -1.31. The maximum absolute atomic E-state index is 14.8. The third-order valence-corrected chi connectivity index (χ3v) is 7.00. The molecule has 1 aliphatic carbocycles. The molecule has 11 heteroatoms. The molecule has 8 nitrogen and oxygen atoms in total. The van der Waals surface area contributed by atoms with Crippen LogP contribution in [0.25, 0.3) is 22.3 Å². The van der Waals surface area contributed by atoms with Gasteiger partial charge >= 0.3 is 0 Å². The van der Waals surface area contributed by atoms with E-state index in [2.05, 4.69) is 20.1 Å². The minimum absolute atomic E-state index is 0.00294. The van der Waals surface area contributed by atoms with Gasteiger partial charge in [0, 0.05) is 43.0 Å². The van der Waals surface area contributed by atoms with E-state index in [1.165, 1.54) is 4.57 Å². The standard InChI is InChI=1S/C25H23F3N6O2/c1-12-30-22-21(16-8-18(27)19(28)9-17(16)26)31-24(32-23(22)25(35)33(12)2)13-5-6-36-20(7-13)14-10-29-34(11-14)15-3-4-15/h8-11,13,15,20H,3-7H2,1-2H3. The number of aromatic nitrogens is 6.